The molecule has 1 N–H and O–H groups in total. The Balaban J connectivity index is 1.86. The van der Waals surface area contributed by atoms with Crippen LogP contribution >= 0.6 is 0 Å². The monoisotopic (exact) mass is 351 g/mol. The molecule has 1 aliphatic rings. The lowest BCUT2D eigenvalue weighted by Crippen LogP contribution is -2.56. The third-order valence-corrected chi connectivity index (χ3v) is 4.86. The molecule has 1 saturated heterocycles. The summed E-state index contributed by atoms with van der Waals surface area (Å²) in [5.74, 6) is -1.00. The van der Waals surface area contributed by atoms with Gasteiger partial charge in [-0.25, -0.2) is 4.89 Å². The molecule has 1 fully saturated rings. The molecular formula is C22H25NO3. The molecule has 0 bridgehead atoms. The van der Waals surface area contributed by atoms with Crippen molar-refractivity contribution in [2.45, 2.75) is 39.2 Å². The first-order valence-electron chi connectivity index (χ1n) is 9.10. The molecule has 3 aromatic rings. The van der Waals surface area contributed by atoms with Crippen molar-refractivity contribution >= 4 is 27.2 Å². The van der Waals surface area contributed by atoms with Gasteiger partial charge in [0.25, 0.3) is 5.91 Å². The second kappa shape index (κ2) is 6.23. The molecule has 1 atom stereocenters. The van der Waals surface area contributed by atoms with E-state index >= 15 is 0 Å². The van der Waals surface area contributed by atoms with Crippen molar-refractivity contribution in [2.75, 3.05) is 11.9 Å². The van der Waals surface area contributed by atoms with E-state index in [0.717, 1.165) is 16.5 Å². The number of rotatable bonds is 3. The first-order valence-corrected chi connectivity index (χ1v) is 9.10. The molecule has 0 spiro atoms. The molecule has 1 unspecified atom stereocenters. The zero-order valence-corrected chi connectivity index (χ0v) is 15.7. The van der Waals surface area contributed by atoms with Crippen molar-refractivity contribution < 1.29 is 14.5 Å². The van der Waals surface area contributed by atoms with Crippen LogP contribution in [0, 0.1) is 5.92 Å². The molecule has 1 heterocycles. The van der Waals surface area contributed by atoms with Crippen molar-refractivity contribution in [1.29, 1.82) is 0 Å². The number of hydrogen-bond donors (Lipinski definition) is 1. The summed E-state index contributed by atoms with van der Waals surface area (Å²) in [7, 11) is 0. The van der Waals surface area contributed by atoms with Gasteiger partial charge in [0.05, 0.1) is 12.3 Å². The summed E-state index contributed by atoms with van der Waals surface area (Å²) in [5, 5.41) is 8.15. The molecule has 0 radical (unpaired) electrons. The third kappa shape index (κ3) is 2.94. The Bertz CT molecular complexity index is 884. The largest absolute Gasteiger partial charge is 0.331 e. The zero-order chi connectivity index (χ0) is 18.4. The van der Waals surface area contributed by atoms with Crippen molar-refractivity contribution in [3.63, 3.8) is 0 Å². The Morgan fingerprint density at radius 3 is 1.96 bits per heavy atom. The number of nitrogens with one attached hydrogen (secondary N) is 1. The highest BCUT2D eigenvalue weighted by Crippen LogP contribution is 2.39. The summed E-state index contributed by atoms with van der Waals surface area (Å²) in [6.07, 6.45) is 0. The SMILES string of the molecule is CC(C)C1(Nc2c3ccccc3cc3ccccc23)OCC(C)(C)OO1. The lowest BCUT2D eigenvalue weighted by atomic mass is 9.99. The molecule has 3 aromatic carbocycles. The molecule has 0 aromatic heterocycles. The summed E-state index contributed by atoms with van der Waals surface area (Å²) in [6, 6.07) is 18.9. The van der Waals surface area contributed by atoms with E-state index in [1.54, 1.807) is 0 Å². The molecule has 1 aliphatic heterocycles. The summed E-state index contributed by atoms with van der Waals surface area (Å²) in [5.41, 5.74) is 0.525. The minimum atomic E-state index is -1.04. The van der Waals surface area contributed by atoms with Gasteiger partial charge in [0.2, 0.25) is 0 Å². The molecule has 4 heteroatoms. The smallest absolute Gasteiger partial charge is 0.281 e. The Kier molecular flexibility index (Phi) is 4.14. The molecule has 26 heavy (non-hydrogen) atoms. The van der Waals surface area contributed by atoms with Gasteiger partial charge in [0.15, 0.2) is 0 Å². The van der Waals surface area contributed by atoms with Crippen LogP contribution in [0.1, 0.15) is 27.7 Å². The van der Waals surface area contributed by atoms with Gasteiger partial charge in [0, 0.05) is 16.7 Å². The first kappa shape index (κ1) is 17.3. The summed E-state index contributed by atoms with van der Waals surface area (Å²) in [4.78, 5) is 11.5. The van der Waals surface area contributed by atoms with E-state index in [4.69, 9.17) is 14.5 Å². The predicted octanol–water partition coefficient (Wildman–Crippen LogP) is 5.47. The van der Waals surface area contributed by atoms with Crippen LogP contribution in [0.15, 0.2) is 54.6 Å². The van der Waals surface area contributed by atoms with E-state index in [2.05, 4.69) is 61.6 Å². The van der Waals surface area contributed by atoms with Crippen molar-refractivity contribution in [1.82, 2.24) is 0 Å². The Hall–Kier alpha value is -2.14. The molecule has 0 aliphatic carbocycles. The fourth-order valence-electron chi connectivity index (χ4n) is 3.29. The predicted molar refractivity (Wildman–Crippen MR) is 105 cm³/mol. The fraction of sp³-hybridized carbons (Fsp3) is 0.364. The van der Waals surface area contributed by atoms with Crippen LogP contribution < -0.4 is 5.32 Å². The molecule has 4 nitrogen and oxygen atoms in total. The van der Waals surface area contributed by atoms with Crippen LogP contribution in [-0.4, -0.2) is 18.1 Å². The van der Waals surface area contributed by atoms with Crippen LogP contribution in [0.25, 0.3) is 21.5 Å². The quantitative estimate of drug-likeness (QED) is 0.501. The highest BCUT2D eigenvalue weighted by Gasteiger charge is 2.45. The number of benzene rings is 3. The second-order valence-corrected chi connectivity index (χ2v) is 7.86. The highest BCUT2D eigenvalue weighted by molar-refractivity contribution is 6.11. The third-order valence-electron chi connectivity index (χ3n) is 4.86. The highest BCUT2D eigenvalue weighted by atomic mass is 17.3. The number of fused-ring (bicyclic) bond motifs is 2. The van der Waals surface area contributed by atoms with Gasteiger partial charge in [-0.05, 0) is 30.7 Å². The lowest BCUT2D eigenvalue weighted by molar-refractivity contribution is -0.507. The van der Waals surface area contributed by atoms with Gasteiger partial charge in [-0.3, -0.25) is 0 Å². The molecule has 0 amide bonds. The van der Waals surface area contributed by atoms with Crippen LogP contribution in [-0.2, 0) is 14.5 Å². The van der Waals surface area contributed by atoms with Crippen LogP contribution in [0.4, 0.5) is 5.69 Å². The fourth-order valence-corrected chi connectivity index (χ4v) is 3.29. The molecule has 0 saturated carbocycles. The van der Waals surface area contributed by atoms with E-state index in [9.17, 15) is 0 Å². The summed E-state index contributed by atoms with van der Waals surface area (Å²) in [6.45, 7) is 8.46. The van der Waals surface area contributed by atoms with Crippen LogP contribution in [0.2, 0.25) is 0 Å². The maximum Gasteiger partial charge on any atom is 0.281 e. The van der Waals surface area contributed by atoms with Gasteiger partial charge in [0.1, 0.15) is 5.60 Å². The average Bonchev–Trinajstić information content (AvgIpc) is 2.63. The Labute approximate surface area is 154 Å². The van der Waals surface area contributed by atoms with Gasteiger partial charge in [-0.15, -0.1) is 0 Å². The number of hydrogen-bond acceptors (Lipinski definition) is 4. The van der Waals surface area contributed by atoms with Crippen LogP contribution in [0.5, 0.6) is 0 Å². The van der Waals surface area contributed by atoms with Gasteiger partial charge < -0.3 is 10.1 Å². The Morgan fingerprint density at radius 2 is 1.46 bits per heavy atom. The standard InChI is InChI=1S/C22H25NO3/c1-15(2)22(24-14-21(3,4)25-26-22)23-20-18-11-7-5-9-16(18)13-17-10-6-8-12-19(17)20/h5-13,15,23H,14H2,1-4H3. The second-order valence-electron chi connectivity index (χ2n) is 7.86. The minimum absolute atomic E-state index is 0.0383. The molecule has 136 valence electrons. The number of ether oxygens (including phenoxy) is 1. The van der Waals surface area contributed by atoms with Crippen molar-refractivity contribution in [2.24, 2.45) is 5.92 Å². The Morgan fingerprint density at radius 1 is 0.885 bits per heavy atom. The van der Waals surface area contributed by atoms with Crippen molar-refractivity contribution in [3.05, 3.63) is 54.6 Å². The van der Waals surface area contributed by atoms with Crippen LogP contribution in [0.3, 0.4) is 0 Å². The van der Waals surface area contributed by atoms with E-state index in [1.165, 1.54) is 10.8 Å². The average molecular weight is 351 g/mol. The molecular weight excluding hydrogens is 326 g/mol. The van der Waals surface area contributed by atoms with Crippen molar-refractivity contribution in [3.8, 4) is 0 Å². The summed E-state index contributed by atoms with van der Waals surface area (Å²) < 4.78 is 6.19. The van der Waals surface area contributed by atoms with Gasteiger partial charge in [-0.1, -0.05) is 62.4 Å². The molecule has 4 rings (SSSR count). The lowest BCUT2D eigenvalue weighted by Gasteiger charge is -2.44. The minimum Gasteiger partial charge on any atom is -0.331 e. The van der Waals surface area contributed by atoms with Gasteiger partial charge >= 0.3 is 0 Å². The van der Waals surface area contributed by atoms with E-state index in [1.807, 2.05) is 26.0 Å². The van der Waals surface area contributed by atoms with Gasteiger partial charge in [-0.2, -0.15) is 4.89 Å². The summed E-state index contributed by atoms with van der Waals surface area (Å²) >= 11 is 0. The number of anilines is 1. The van der Waals surface area contributed by atoms with E-state index in [0.29, 0.717) is 6.61 Å². The maximum absolute atomic E-state index is 6.19. The zero-order valence-electron chi connectivity index (χ0n) is 15.7. The normalized spacial score (nSPS) is 22.8. The van der Waals surface area contributed by atoms with E-state index in [-0.39, 0.29) is 5.92 Å². The topological polar surface area (TPSA) is 39.7 Å². The first-order chi connectivity index (χ1) is 12.4. The maximum atomic E-state index is 6.19. The van der Waals surface area contributed by atoms with E-state index < -0.39 is 11.5 Å².